The number of unbranched alkanes of at least 4 members (excludes halogenated alkanes) is 20. The Morgan fingerprint density at radius 3 is 1.57 bits per heavy atom. The highest BCUT2D eigenvalue weighted by Crippen LogP contribution is 2.23. The standard InChI is InChI=1S/C37H73NO9/c1-3-5-7-9-11-13-15-16-18-20-22-24-26-32(41)38-29(28-46-37-36(45)35(44)34(43)31(27-39)47-37)33(42)30(40)25-23-21-19-17-14-12-10-8-6-4-2/h29-31,33-37,39-40,42-45H,3-28H2,1-2H3,(H,38,41)/t29-,30+,31+,33-,34+,35?,36?,37+/m0/s1. The number of carbonyl (C=O) groups is 1. The second kappa shape index (κ2) is 28.9. The molecule has 1 amide bonds. The maximum Gasteiger partial charge on any atom is 0.220 e. The molecule has 0 radical (unpaired) electrons. The van der Waals surface area contributed by atoms with Crippen LogP contribution in [-0.4, -0.2) is 98.7 Å². The number of hydrogen-bond donors (Lipinski definition) is 7. The van der Waals surface area contributed by atoms with E-state index in [4.69, 9.17) is 9.47 Å². The number of ether oxygens (including phenoxy) is 2. The molecule has 0 aromatic carbocycles. The largest absolute Gasteiger partial charge is 0.394 e. The third kappa shape index (κ3) is 20.4. The van der Waals surface area contributed by atoms with Gasteiger partial charge in [0.15, 0.2) is 6.29 Å². The van der Waals surface area contributed by atoms with Crippen LogP contribution in [0.2, 0.25) is 0 Å². The molecular formula is C37H73NO9. The first-order chi connectivity index (χ1) is 22.8. The van der Waals surface area contributed by atoms with Gasteiger partial charge in [-0.2, -0.15) is 0 Å². The molecule has 0 aliphatic carbocycles. The second-order valence-electron chi connectivity index (χ2n) is 13.9. The molecule has 1 saturated heterocycles. The lowest BCUT2D eigenvalue weighted by atomic mass is 9.98. The zero-order valence-corrected chi connectivity index (χ0v) is 29.9. The summed E-state index contributed by atoms with van der Waals surface area (Å²) in [6.07, 6.45) is 16.9. The SMILES string of the molecule is CCCCCCCCCCCCCCC(=O)N[C@@H](CO[C@@H]1O[C@H](CO)[C@@H](O)C(O)C1O)[C@H](O)[C@H](O)CCCCCCCCCCCC. The summed E-state index contributed by atoms with van der Waals surface area (Å²) >= 11 is 0. The van der Waals surface area contributed by atoms with Crippen LogP contribution in [0, 0.1) is 0 Å². The minimum atomic E-state index is -1.60. The first-order valence-corrected chi connectivity index (χ1v) is 19.3. The molecular weight excluding hydrogens is 602 g/mol. The van der Waals surface area contributed by atoms with Gasteiger partial charge >= 0.3 is 0 Å². The van der Waals surface area contributed by atoms with E-state index in [1.165, 1.54) is 89.9 Å². The fraction of sp³-hybridized carbons (Fsp3) is 0.973. The predicted octanol–water partition coefficient (Wildman–Crippen LogP) is 5.41. The van der Waals surface area contributed by atoms with Gasteiger partial charge in [0.25, 0.3) is 0 Å². The summed E-state index contributed by atoms with van der Waals surface area (Å²) in [5, 5.41) is 64.7. The van der Waals surface area contributed by atoms with Crippen molar-refractivity contribution in [1.82, 2.24) is 5.32 Å². The summed E-state index contributed by atoms with van der Waals surface area (Å²) in [5.74, 6) is -0.260. The topological polar surface area (TPSA) is 169 Å². The van der Waals surface area contributed by atoms with Gasteiger partial charge in [-0.05, 0) is 12.8 Å². The van der Waals surface area contributed by atoms with Gasteiger partial charge in [-0.1, -0.05) is 149 Å². The molecule has 7 N–H and O–H groups in total. The Bertz CT molecular complexity index is 728. The van der Waals surface area contributed by atoms with Gasteiger partial charge in [0, 0.05) is 6.42 Å². The number of aliphatic hydroxyl groups is 6. The van der Waals surface area contributed by atoms with Crippen molar-refractivity contribution in [2.24, 2.45) is 0 Å². The maximum atomic E-state index is 12.9. The van der Waals surface area contributed by atoms with E-state index in [0.717, 1.165) is 51.4 Å². The van der Waals surface area contributed by atoms with Crippen LogP contribution in [-0.2, 0) is 14.3 Å². The molecule has 0 aromatic rings. The van der Waals surface area contributed by atoms with Crippen LogP contribution in [0.4, 0.5) is 0 Å². The molecule has 10 nitrogen and oxygen atoms in total. The predicted molar refractivity (Wildman–Crippen MR) is 186 cm³/mol. The van der Waals surface area contributed by atoms with Crippen LogP contribution >= 0.6 is 0 Å². The Morgan fingerprint density at radius 2 is 1.11 bits per heavy atom. The van der Waals surface area contributed by atoms with Crippen molar-refractivity contribution < 1.29 is 44.9 Å². The van der Waals surface area contributed by atoms with E-state index in [2.05, 4.69) is 19.2 Å². The molecule has 0 bridgehead atoms. The van der Waals surface area contributed by atoms with E-state index in [0.29, 0.717) is 6.42 Å². The molecule has 47 heavy (non-hydrogen) atoms. The van der Waals surface area contributed by atoms with Crippen molar-refractivity contribution in [2.75, 3.05) is 13.2 Å². The van der Waals surface area contributed by atoms with Crippen LogP contribution < -0.4 is 5.32 Å². The summed E-state index contributed by atoms with van der Waals surface area (Å²) in [7, 11) is 0. The van der Waals surface area contributed by atoms with Crippen molar-refractivity contribution >= 4 is 5.91 Å². The monoisotopic (exact) mass is 676 g/mol. The molecule has 1 rings (SSSR count). The van der Waals surface area contributed by atoms with Gasteiger partial charge in [0.05, 0.1) is 25.4 Å². The lowest BCUT2D eigenvalue weighted by Gasteiger charge is -2.40. The molecule has 2 unspecified atom stereocenters. The van der Waals surface area contributed by atoms with Crippen molar-refractivity contribution in [2.45, 2.75) is 217 Å². The zero-order valence-electron chi connectivity index (χ0n) is 29.9. The fourth-order valence-electron chi connectivity index (χ4n) is 6.31. The van der Waals surface area contributed by atoms with Gasteiger partial charge in [-0.15, -0.1) is 0 Å². The van der Waals surface area contributed by atoms with Crippen molar-refractivity contribution in [3.8, 4) is 0 Å². The Hall–Kier alpha value is -0.850. The number of hydrogen-bond acceptors (Lipinski definition) is 9. The molecule has 280 valence electrons. The number of rotatable bonds is 31. The minimum Gasteiger partial charge on any atom is -0.394 e. The molecule has 1 aliphatic heterocycles. The van der Waals surface area contributed by atoms with E-state index < -0.39 is 55.6 Å². The first kappa shape index (κ1) is 44.2. The number of nitrogens with one attached hydrogen (secondary N) is 1. The van der Waals surface area contributed by atoms with Crippen LogP contribution in [0.3, 0.4) is 0 Å². The average molecular weight is 676 g/mol. The average Bonchev–Trinajstić information content (AvgIpc) is 3.07. The van der Waals surface area contributed by atoms with E-state index in [9.17, 15) is 35.4 Å². The third-order valence-electron chi connectivity index (χ3n) is 9.55. The molecule has 0 spiro atoms. The van der Waals surface area contributed by atoms with Gasteiger partial charge in [-0.25, -0.2) is 0 Å². The number of aliphatic hydroxyl groups excluding tert-OH is 6. The highest BCUT2D eigenvalue weighted by molar-refractivity contribution is 5.76. The van der Waals surface area contributed by atoms with Crippen LogP contribution in [0.15, 0.2) is 0 Å². The smallest absolute Gasteiger partial charge is 0.220 e. The highest BCUT2D eigenvalue weighted by atomic mass is 16.7. The molecule has 1 heterocycles. The molecule has 0 aromatic heterocycles. The van der Waals surface area contributed by atoms with Gasteiger partial charge in [0.2, 0.25) is 5.91 Å². The quantitative estimate of drug-likeness (QED) is 0.0475. The molecule has 10 heteroatoms. The Morgan fingerprint density at radius 1 is 0.660 bits per heavy atom. The van der Waals surface area contributed by atoms with Crippen molar-refractivity contribution in [1.29, 1.82) is 0 Å². The molecule has 8 atom stereocenters. The van der Waals surface area contributed by atoms with Gasteiger partial charge in [-0.3, -0.25) is 4.79 Å². The third-order valence-corrected chi connectivity index (χ3v) is 9.55. The van der Waals surface area contributed by atoms with E-state index in [1.807, 2.05) is 0 Å². The molecule has 1 fully saturated rings. The zero-order chi connectivity index (χ0) is 34.7. The summed E-state index contributed by atoms with van der Waals surface area (Å²) in [5.41, 5.74) is 0. The minimum absolute atomic E-state index is 0.260. The molecule has 1 aliphatic rings. The summed E-state index contributed by atoms with van der Waals surface area (Å²) in [6.45, 7) is 3.56. The van der Waals surface area contributed by atoms with Crippen molar-refractivity contribution in [3.63, 3.8) is 0 Å². The highest BCUT2D eigenvalue weighted by Gasteiger charge is 2.44. The lowest BCUT2D eigenvalue weighted by molar-refractivity contribution is -0.303. The summed E-state index contributed by atoms with van der Waals surface area (Å²) in [4.78, 5) is 12.9. The van der Waals surface area contributed by atoms with Crippen LogP contribution in [0.5, 0.6) is 0 Å². The van der Waals surface area contributed by atoms with E-state index >= 15 is 0 Å². The Balaban J connectivity index is 2.50. The first-order valence-electron chi connectivity index (χ1n) is 19.3. The van der Waals surface area contributed by atoms with Crippen molar-refractivity contribution in [3.05, 3.63) is 0 Å². The number of amides is 1. The lowest BCUT2D eigenvalue weighted by Crippen LogP contribution is -2.60. The summed E-state index contributed by atoms with van der Waals surface area (Å²) in [6, 6.07) is -0.981. The van der Waals surface area contributed by atoms with E-state index in [-0.39, 0.29) is 18.9 Å². The van der Waals surface area contributed by atoms with Gasteiger partial charge < -0.3 is 45.4 Å². The van der Waals surface area contributed by atoms with Gasteiger partial charge in [0.1, 0.15) is 30.5 Å². The fourth-order valence-corrected chi connectivity index (χ4v) is 6.31. The van der Waals surface area contributed by atoms with Crippen LogP contribution in [0.1, 0.15) is 168 Å². The normalized spacial score (nSPS) is 23.4. The summed E-state index contributed by atoms with van der Waals surface area (Å²) < 4.78 is 11.1. The number of carbonyl (C=O) groups excluding carboxylic acids is 1. The maximum absolute atomic E-state index is 12.9. The van der Waals surface area contributed by atoms with E-state index in [1.54, 1.807) is 0 Å². The Labute approximate surface area is 286 Å². The second-order valence-corrected chi connectivity index (χ2v) is 13.9. The Kier molecular flexibility index (Phi) is 27.2. The molecule has 0 saturated carbocycles. The van der Waals surface area contributed by atoms with Crippen LogP contribution in [0.25, 0.3) is 0 Å².